The molecule has 20 heavy (non-hydrogen) atoms. The summed E-state index contributed by atoms with van der Waals surface area (Å²) >= 11 is 0. The van der Waals surface area contributed by atoms with E-state index >= 15 is 0 Å². The molecule has 0 N–H and O–H groups in total. The first-order chi connectivity index (χ1) is 9.23. The van der Waals surface area contributed by atoms with Crippen LogP contribution in [0.25, 0.3) is 0 Å². The maximum atomic E-state index is 12.3. The molecular weight excluding hydrogens is 259 g/mol. The van der Waals surface area contributed by atoms with Crippen molar-refractivity contribution in [1.29, 1.82) is 0 Å². The van der Waals surface area contributed by atoms with E-state index in [0.29, 0.717) is 13.1 Å². The molecule has 0 amide bonds. The number of hydroxylamine groups is 3. The van der Waals surface area contributed by atoms with Crippen molar-refractivity contribution in [2.24, 2.45) is 4.99 Å². The predicted molar refractivity (Wildman–Crippen MR) is 83.2 cm³/mol. The molecule has 1 atom stereocenters. The molecule has 3 nitrogen and oxygen atoms in total. The van der Waals surface area contributed by atoms with E-state index in [0.717, 1.165) is 25.2 Å². The van der Waals surface area contributed by atoms with Gasteiger partial charge in [-0.15, -0.1) is 0 Å². The number of quaternary nitrogens is 1. The Hall–Kier alpha value is 0.590. The predicted octanol–water partition coefficient (Wildman–Crippen LogP) is 1.66. The summed E-state index contributed by atoms with van der Waals surface area (Å²) < 4.78 is -0.142. The summed E-state index contributed by atoms with van der Waals surface area (Å²) in [7, 11) is 0. The summed E-state index contributed by atoms with van der Waals surface area (Å²) in [5.74, 6) is 0.908. The molecule has 1 aliphatic rings. The topological polar surface area (TPSA) is 35.4 Å². The number of nitrogens with zero attached hydrogens (tertiary/aromatic N) is 2. The van der Waals surface area contributed by atoms with Crippen molar-refractivity contribution in [3.05, 3.63) is 5.21 Å². The largest absolute Gasteiger partial charge is 1.00 e. The molecular formula is C16H32N2NaO+. The smallest absolute Gasteiger partial charge is 0.626 e. The zero-order chi connectivity index (χ0) is 14.0. The molecule has 0 aromatic heterocycles. The Morgan fingerprint density at radius 3 is 2.05 bits per heavy atom. The standard InChI is InChI=1S/C16H32N2O.Na/c1-3-5-6-7-8-9-10-11-12-13-16-17-14-15-18(16,19)4-2;/h3-15H2,1-2H3;/q;+1. The van der Waals surface area contributed by atoms with E-state index in [1.807, 2.05) is 6.92 Å². The molecule has 0 saturated carbocycles. The normalized spacial score (nSPS) is 21.6. The van der Waals surface area contributed by atoms with Gasteiger partial charge in [0.15, 0.2) is 5.84 Å². The summed E-state index contributed by atoms with van der Waals surface area (Å²) in [6.07, 6.45) is 12.9. The summed E-state index contributed by atoms with van der Waals surface area (Å²) in [5.41, 5.74) is 0. The van der Waals surface area contributed by atoms with Crippen molar-refractivity contribution in [2.45, 2.75) is 78.1 Å². The van der Waals surface area contributed by atoms with E-state index in [-0.39, 0.29) is 34.2 Å². The Morgan fingerprint density at radius 1 is 0.950 bits per heavy atom. The van der Waals surface area contributed by atoms with Crippen LogP contribution in [0.2, 0.25) is 0 Å². The summed E-state index contributed by atoms with van der Waals surface area (Å²) in [4.78, 5) is 4.40. The van der Waals surface area contributed by atoms with Crippen LogP contribution < -0.4 is 29.6 Å². The molecule has 0 bridgehead atoms. The minimum Gasteiger partial charge on any atom is -0.626 e. The van der Waals surface area contributed by atoms with Crippen LogP contribution in [0.3, 0.4) is 0 Å². The monoisotopic (exact) mass is 291 g/mol. The van der Waals surface area contributed by atoms with Gasteiger partial charge in [0.25, 0.3) is 0 Å². The van der Waals surface area contributed by atoms with Gasteiger partial charge in [-0.1, -0.05) is 58.3 Å². The zero-order valence-electron chi connectivity index (χ0n) is 14.0. The maximum absolute atomic E-state index is 12.3. The first-order valence-corrected chi connectivity index (χ1v) is 8.35. The van der Waals surface area contributed by atoms with E-state index in [4.69, 9.17) is 0 Å². The number of rotatable bonds is 11. The van der Waals surface area contributed by atoms with Gasteiger partial charge in [0.05, 0.1) is 13.1 Å². The molecule has 0 saturated heterocycles. The zero-order valence-corrected chi connectivity index (χ0v) is 16.0. The molecule has 1 aliphatic heterocycles. The van der Waals surface area contributed by atoms with Crippen LogP contribution >= 0.6 is 0 Å². The first kappa shape index (κ1) is 20.6. The minimum absolute atomic E-state index is 0. The second kappa shape index (κ2) is 12.2. The van der Waals surface area contributed by atoms with Gasteiger partial charge in [0.1, 0.15) is 6.54 Å². The average Bonchev–Trinajstić information content (AvgIpc) is 2.79. The number of aliphatic imine (C=N–C) groups is 1. The number of amidine groups is 1. The third-order valence-electron chi connectivity index (χ3n) is 4.24. The molecule has 0 aromatic rings. The van der Waals surface area contributed by atoms with E-state index in [1.54, 1.807) is 0 Å². The second-order valence-corrected chi connectivity index (χ2v) is 5.81. The van der Waals surface area contributed by atoms with E-state index in [1.165, 1.54) is 51.4 Å². The fourth-order valence-corrected chi connectivity index (χ4v) is 2.82. The number of unbranched alkanes of at least 4 members (excludes halogenated alkanes) is 8. The third kappa shape index (κ3) is 7.56. The fourth-order valence-electron chi connectivity index (χ4n) is 2.82. The summed E-state index contributed by atoms with van der Waals surface area (Å²) in [5, 5.41) is 12.3. The summed E-state index contributed by atoms with van der Waals surface area (Å²) in [6.45, 7) is 6.30. The molecule has 0 fully saturated rings. The van der Waals surface area contributed by atoms with Gasteiger partial charge in [-0.3, -0.25) is 0 Å². The van der Waals surface area contributed by atoms with Gasteiger partial charge in [-0.2, -0.15) is 0 Å². The van der Waals surface area contributed by atoms with Crippen LogP contribution in [-0.2, 0) is 0 Å². The molecule has 1 heterocycles. The van der Waals surface area contributed by atoms with Gasteiger partial charge >= 0.3 is 29.6 Å². The van der Waals surface area contributed by atoms with Gasteiger partial charge in [-0.05, 0) is 13.3 Å². The van der Waals surface area contributed by atoms with Crippen LogP contribution in [0, 0.1) is 5.21 Å². The molecule has 0 radical (unpaired) electrons. The summed E-state index contributed by atoms with van der Waals surface area (Å²) in [6, 6.07) is 0. The van der Waals surface area contributed by atoms with Gasteiger partial charge < -0.3 is 9.85 Å². The van der Waals surface area contributed by atoms with Crippen molar-refractivity contribution in [1.82, 2.24) is 0 Å². The van der Waals surface area contributed by atoms with Crippen LogP contribution in [0.15, 0.2) is 4.99 Å². The molecule has 0 aromatic carbocycles. The number of hydrogen-bond donors (Lipinski definition) is 0. The van der Waals surface area contributed by atoms with E-state index < -0.39 is 0 Å². The van der Waals surface area contributed by atoms with Crippen molar-refractivity contribution < 1.29 is 34.2 Å². The molecule has 4 heteroatoms. The van der Waals surface area contributed by atoms with Gasteiger partial charge in [0.2, 0.25) is 0 Å². The quantitative estimate of drug-likeness (QED) is 0.247. The van der Waals surface area contributed by atoms with Crippen molar-refractivity contribution >= 4 is 5.84 Å². The Balaban J connectivity index is 0.00000361. The van der Waals surface area contributed by atoms with Crippen molar-refractivity contribution in [2.75, 3.05) is 19.6 Å². The third-order valence-corrected chi connectivity index (χ3v) is 4.24. The number of hydrogen-bond acceptors (Lipinski definition) is 2. The van der Waals surface area contributed by atoms with Crippen LogP contribution in [0.1, 0.15) is 78.1 Å². The molecule has 112 valence electrons. The van der Waals surface area contributed by atoms with E-state index in [9.17, 15) is 5.21 Å². The molecule has 1 unspecified atom stereocenters. The first-order valence-electron chi connectivity index (χ1n) is 8.35. The Labute approximate surface area is 147 Å². The fraction of sp³-hybridized carbons (Fsp3) is 0.938. The van der Waals surface area contributed by atoms with Gasteiger partial charge in [0, 0.05) is 6.42 Å². The minimum atomic E-state index is -0.142. The van der Waals surface area contributed by atoms with E-state index in [2.05, 4.69) is 11.9 Å². The van der Waals surface area contributed by atoms with Crippen LogP contribution in [0.5, 0.6) is 0 Å². The molecule has 1 rings (SSSR count). The number of likely N-dealkylation sites (N-methyl/N-ethyl adjacent to an activating group) is 1. The Morgan fingerprint density at radius 2 is 1.50 bits per heavy atom. The Bertz CT molecular complexity index is 271. The second-order valence-electron chi connectivity index (χ2n) is 5.81. The Kier molecular flexibility index (Phi) is 12.5. The van der Waals surface area contributed by atoms with Gasteiger partial charge in [-0.25, -0.2) is 4.99 Å². The maximum Gasteiger partial charge on any atom is 1.00 e. The van der Waals surface area contributed by atoms with Crippen molar-refractivity contribution in [3.8, 4) is 0 Å². The average molecular weight is 291 g/mol. The van der Waals surface area contributed by atoms with Crippen LogP contribution in [-0.4, -0.2) is 30.1 Å². The molecule has 0 spiro atoms. The SMILES string of the molecule is CCCCCCCCCCCC1=NCC[N+]1([O-])CC.[Na+]. The van der Waals surface area contributed by atoms with Crippen molar-refractivity contribution in [3.63, 3.8) is 0 Å². The molecule has 0 aliphatic carbocycles. The van der Waals surface area contributed by atoms with Crippen LogP contribution in [0.4, 0.5) is 0 Å².